The Bertz CT molecular complexity index is 528. The summed E-state index contributed by atoms with van der Waals surface area (Å²) in [5, 5.41) is 3.95. The fourth-order valence-corrected chi connectivity index (χ4v) is 4.10. The molecule has 6 nitrogen and oxygen atoms in total. The van der Waals surface area contributed by atoms with Crippen LogP contribution >= 0.6 is 12.4 Å². The molecular formula is C17H29ClN4O2. The lowest BCUT2D eigenvalue weighted by molar-refractivity contribution is 0.0970. The van der Waals surface area contributed by atoms with Gasteiger partial charge in [-0.15, -0.1) is 12.4 Å². The van der Waals surface area contributed by atoms with E-state index in [-0.39, 0.29) is 18.4 Å². The van der Waals surface area contributed by atoms with Crippen LogP contribution < -0.4 is 5.73 Å². The number of carbonyl (C=O) groups is 1. The molecule has 1 aromatic rings. The summed E-state index contributed by atoms with van der Waals surface area (Å²) in [6.07, 6.45) is 6.87. The van der Waals surface area contributed by atoms with Gasteiger partial charge >= 0.3 is 6.03 Å². The van der Waals surface area contributed by atoms with Crippen molar-refractivity contribution in [1.82, 2.24) is 15.0 Å². The molecule has 0 saturated carbocycles. The van der Waals surface area contributed by atoms with Gasteiger partial charge in [-0.1, -0.05) is 18.0 Å². The van der Waals surface area contributed by atoms with Crippen molar-refractivity contribution in [3.63, 3.8) is 0 Å². The van der Waals surface area contributed by atoms with E-state index in [9.17, 15) is 4.79 Å². The van der Waals surface area contributed by atoms with Gasteiger partial charge in [0.25, 0.3) is 0 Å². The van der Waals surface area contributed by atoms with Crippen molar-refractivity contribution in [2.45, 2.75) is 58.0 Å². The smallest absolute Gasteiger partial charge is 0.315 e. The zero-order valence-electron chi connectivity index (χ0n) is 14.4. The third-order valence-corrected chi connectivity index (χ3v) is 5.31. The molecule has 0 bridgehead atoms. The van der Waals surface area contributed by atoms with Crippen LogP contribution in [0.4, 0.5) is 4.79 Å². The van der Waals surface area contributed by atoms with E-state index in [1.165, 1.54) is 12.8 Å². The zero-order valence-corrected chi connectivity index (χ0v) is 15.3. The van der Waals surface area contributed by atoms with E-state index in [2.05, 4.69) is 10.1 Å². The molecule has 1 atom stereocenters. The van der Waals surface area contributed by atoms with Gasteiger partial charge in [0.15, 0.2) is 5.76 Å². The molecule has 3 heterocycles. The molecule has 2 saturated heterocycles. The SMILES string of the molecule is Cc1cc(CN2CCC(C3CCCCCN3C(N)=O)CC2)on1.Cl. The lowest BCUT2D eigenvalue weighted by Gasteiger charge is -2.39. The number of nitrogens with zero attached hydrogens (tertiary/aromatic N) is 3. The van der Waals surface area contributed by atoms with Gasteiger partial charge in [-0.25, -0.2) is 4.79 Å². The molecule has 0 aromatic carbocycles. The molecule has 1 aromatic heterocycles. The van der Waals surface area contributed by atoms with E-state index >= 15 is 0 Å². The molecule has 2 aliphatic rings. The highest BCUT2D eigenvalue weighted by Gasteiger charge is 2.33. The van der Waals surface area contributed by atoms with Crippen LogP contribution in [-0.4, -0.2) is 46.7 Å². The Balaban J connectivity index is 0.00000208. The predicted molar refractivity (Wildman–Crippen MR) is 95.0 cm³/mol. The Kier molecular flexibility index (Phi) is 6.92. The summed E-state index contributed by atoms with van der Waals surface area (Å²) >= 11 is 0. The molecule has 2 N–H and O–H groups in total. The van der Waals surface area contributed by atoms with Gasteiger partial charge in [0, 0.05) is 18.7 Å². The average Bonchev–Trinajstić information content (AvgIpc) is 2.80. The fraction of sp³-hybridized carbons (Fsp3) is 0.765. The van der Waals surface area contributed by atoms with E-state index in [1.807, 2.05) is 17.9 Å². The largest absolute Gasteiger partial charge is 0.360 e. The number of nitrogens with two attached hydrogens (primary N) is 1. The Morgan fingerprint density at radius 2 is 2.00 bits per heavy atom. The summed E-state index contributed by atoms with van der Waals surface area (Å²) in [5.74, 6) is 1.52. The maximum absolute atomic E-state index is 11.8. The summed E-state index contributed by atoms with van der Waals surface area (Å²) in [4.78, 5) is 16.1. The Morgan fingerprint density at radius 3 is 2.62 bits per heavy atom. The van der Waals surface area contributed by atoms with E-state index < -0.39 is 0 Å². The number of halogens is 1. The minimum Gasteiger partial charge on any atom is -0.360 e. The molecule has 3 rings (SSSR count). The maximum atomic E-state index is 11.8. The number of amides is 2. The molecule has 7 heteroatoms. The molecular weight excluding hydrogens is 328 g/mol. The first-order valence-electron chi connectivity index (χ1n) is 8.84. The van der Waals surface area contributed by atoms with Crippen molar-refractivity contribution < 1.29 is 9.32 Å². The number of rotatable bonds is 3. The van der Waals surface area contributed by atoms with Crippen LogP contribution in [0.25, 0.3) is 0 Å². The van der Waals surface area contributed by atoms with Crippen LogP contribution in [0, 0.1) is 12.8 Å². The van der Waals surface area contributed by atoms with Crippen molar-refractivity contribution in [3.05, 3.63) is 17.5 Å². The number of likely N-dealkylation sites (tertiary alicyclic amines) is 2. The monoisotopic (exact) mass is 356 g/mol. The van der Waals surface area contributed by atoms with Crippen molar-refractivity contribution in [3.8, 4) is 0 Å². The van der Waals surface area contributed by atoms with Crippen molar-refractivity contribution in [1.29, 1.82) is 0 Å². The molecule has 2 fully saturated rings. The quantitative estimate of drug-likeness (QED) is 0.903. The number of carbonyl (C=O) groups excluding carboxylic acids is 1. The van der Waals surface area contributed by atoms with Crippen LogP contribution in [0.3, 0.4) is 0 Å². The van der Waals surface area contributed by atoms with Gasteiger partial charge in [-0.05, 0) is 51.6 Å². The van der Waals surface area contributed by atoms with Gasteiger partial charge in [-0.3, -0.25) is 4.90 Å². The van der Waals surface area contributed by atoms with Gasteiger partial charge in [0.05, 0.1) is 12.2 Å². The summed E-state index contributed by atoms with van der Waals surface area (Å²) in [5.41, 5.74) is 6.56. The van der Waals surface area contributed by atoms with Gasteiger partial charge in [0.2, 0.25) is 0 Å². The highest BCUT2D eigenvalue weighted by Crippen LogP contribution is 2.30. The van der Waals surface area contributed by atoms with Crippen molar-refractivity contribution in [2.75, 3.05) is 19.6 Å². The molecule has 136 valence electrons. The predicted octanol–water partition coefficient (Wildman–Crippen LogP) is 2.94. The second kappa shape index (κ2) is 8.72. The van der Waals surface area contributed by atoms with Gasteiger partial charge < -0.3 is 15.2 Å². The topological polar surface area (TPSA) is 75.6 Å². The summed E-state index contributed by atoms with van der Waals surface area (Å²) in [6, 6.07) is 2.10. The van der Waals surface area contributed by atoms with Crippen LogP contribution in [0.1, 0.15) is 50.0 Å². The molecule has 2 aliphatic heterocycles. The van der Waals surface area contributed by atoms with Crippen molar-refractivity contribution in [2.24, 2.45) is 11.7 Å². The number of hydrogen-bond acceptors (Lipinski definition) is 4. The highest BCUT2D eigenvalue weighted by molar-refractivity contribution is 5.85. The third kappa shape index (κ3) is 4.63. The summed E-state index contributed by atoms with van der Waals surface area (Å²) < 4.78 is 5.31. The van der Waals surface area contributed by atoms with E-state index in [0.717, 1.165) is 63.3 Å². The second-order valence-corrected chi connectivity index (χ2v) is 7.00. The molecule has 0 radical (unpaired) electrons. The minimum absolute atomic E-state index is 0. The minimum atomic E-state index is -0.239. The molecule has 1 unspecified atom stereocenters. The highest BCUT2D eigenvalue weighted by atomic mass is 35.5. The lowest BCUT2D eigenvalue weighted by atomic mass is 9.86. The standard InChI is InChI=1S/C17H28N4O2.ClH/c1-13-11-15(23-19-13)12-20-9-6-14(7-10-20)16-5-3-2-4-8-21(16)17(18)22;/h11,14,16H,2-10,12H2,1H3,(H2,18,22);1H. The second-order valence-electron chi connectivity index (χ2n) is 7.00. The van der Waals surface area contributed by atoms with Crippen LogP contribution in [0.2, 0.25) is 0 Å². The normalized spacial score (nSPS) is 23.5. The Labute approximate surface area is 150 Å². The van der Waals surface area contributed by atoms with Gasteiger partial charge in [-0.2, -0.15) is 0 Å². The van der Waals surface area contributed by atoms with Gasteiger partial charge in [0.1, 0.15) is 0 Å². The van der Waals surface area contributed by atoms with E-state index in [0.29, 0.717) is 12.0 Å². The Morgan fingerprint density at radius 1 is 1.25 bits per heavy atom. The van der Waals surface area contributed by atoms with Crippen molar-refractivity contribution >= 4 is 18.4 Å². The number of primary amides is 1. The fourth-order valence-electron chi connectivity index (χ4n) is 4.10. The first kappa shape index (κ1) is 19.1. The zero-order chi connectivity index (χ0) is 16.2. The summed E-state index contributed by atoms with van der Waals surface area (Å²) in [6.45, 7) is 5.71. The Hall–Kier alpha value is -1.27. The maximum Gasteiger partial charge on any atom is 0.315 e. The summed E-state index contributed by atoms with van der Waals surface area (Å²) in [7, 11) is 0. The molecule has 24 heavy (non-hydrogen) atoms. The van der Waals surface area contributed by atoms with E-state index in [1.54, 1.807) is 0 Å². The molecule has 0 spiro atoms. The first-order chi connectivity index (χ1) is 11.1. The number of hydrogen-bond donors (Lipinski definition) is 1. The van der Waals surface area contributed by atoms with Crippen LogP contribution in [0.15, 0.2) is 10.6 Å². The van der Waals surface area contributed by atoms with E-state index in [4.69, 9.17) is 10.3 Å². The van der Waals surface area contributed by atoms with Crippen LogP contribution in [-0.2, 0) is 6.54 Å². The lowest BCUT2D eigenvalue weighted by Crippen LogP contribution is -2.49. The first-order valence-corrected chi connectivity index (χ1v) is 8.84. The average molecular weight is 357 g/mol. The number of aryl methyl sites for hydroxylation is 1. The third-order valence-electron chi connectivity index (χ3n) is 5.31. The molecule has 2 amide bonds. The number of aromatic nitrogens is 1. The number of urea groups is 1. The van der Waals surface area contributed by atoms with Crippen LogP contribution in [0.5, 0.6) is 0 Å². The molecule has 0 aliphatic carbocycles. The number of piperidine rings is 1.